The van der Waals surface area contributed by atoms with Crippen LogP contribution in [0.3, 0.4) is 0 Å². The Hall–Kier alpha value is -3.47. The summed E-state index contributed by atoms with van der Waals surface area (Å²) in [5.41, 5.74) is 0. The molecule has 0 amide bonds. The average Bonchev–Trinajstić information content (AvgIpc) is 3.24. The molecule has 0 aliphatic rings. The van der Waals surface area contributed by atoms with Gasteiger partial charge >= 0.3 is 5.97 Å². The highest BCUT2D eigenvalue weighted by Crippen LogP contribution is 2.12. The molecule has 59 heavy (non-hydrogen) atoms. The third-order valence-corrected chi connectivity index (χ3v) is 9.47. The van der Waals surface area contributed by atoms with E-state index < -0.39 is 6.10 Å². The lowest BCUT2D eigenvalue weighted by Gasteiger charge is -2.15. The summed E-state index contributed by atoms with van der Waals surface area (Å²) in [4.78, 5) is 12.2. The molecule has 0 aromatic carbocycles. The maximum Gasteiger partial charge on any atom is 0.306 e. The second-order valence-electron chi connectivity index (χ2n) is 15.1. The second-order valence-corrected chi connectivity index (χ2v) is 15.1. The number of ether oxygens (including phenoxy) is 2. The van der Waals surface area contributed by atoms with Gasteiger partial charge in [0.25, 0.3) is 0 Å². The summed E-state index contributed by atoms with van der Waals surface area (Å²) in [6.07, 6.45) is 76.6. The van der Waals surface area contributed by atoms with Crippen LogP contribution in [-0.2, 0) is 14.3 Å². The van der Waals surface area contributed by atoms with Crippen LogP contribution in [0.25, 0.3) is 0 Å². The summed E-state index contributed by atoms with van der Waals surface area (Å²) >= 11 is 0. The van der Waals surface area contributed by atoms with Gasteiger partial charge in [-0.3, -0.25) is 4.79 Å². The number of esters is 1. The van der Waals surface area contributed by atoms with Crippen molar-refractivity contribution >= 4 is 5.97 Å². The van der Waals surface area contributed by atoms with Gasteiger partial charge in [-0.05, 0) is 109 Å². The van der Waals surface area contributed by atoms with Gasteiger partial charge < -0.3 is 14.6 Å². The highest BCUT2D eigenvalue weighted by atomic mass is 16.6. The first kappa shape index (κ1) is 55.5. The molecule has 0 bridgehead atoms. The van der Waals surface area contributed by atoms with Crippen molar-refractivity contribution < 1.29 is 19.4 Å². The van der Waals surface area contributed by atoms with Crippen LogP contribution in [0.4, 0.5) is 0 Å². The first-order chi connectivity index (χ1) is 29.2. The molecule has 1 atom stereocenters. The summed E-state index contributed by atoms with van der Waals surface area (Å²) in [5, 5.41) is 9.64. The van der Waals surface area contributed by atoms with Crippen LogP contribution in [0, 0.1) is 0 Å². The van der Waals surface area contributed by atoms with Gasteiger partial charge in [-0.2, -0.15) is 0 Å². The van der Waals surface area contributed by atoms with E-state index in [4.69, 9.17) is 9.47 Å². The molecule has 1 unspecified atom stereocenters. The molecule has 4 nitrogen and oxygen atoms in total. The maximum atomic E-state index is 12.2. The quantitative estimate of drug-likeness (QED) is 0.0379. The molecule has 4 heteroatoms. The lowest BCUT2D eigenvalue weighted by atomic mass is 10.1. The van der Waals surface area contributed by atoms with E-state index in [1.807, 2.05) is 0 Å². The largest absolute Gasteiger partial charge is 0.457 e. The van der Waals surface area contributed by atoms with E-state index in [1.54, 1.807) is 0 Å². The third kappa shape index (κ3) is 48.8. The first-order valence-electron chi connectivity index (χ1n) is 23.8. The van der Waals surface area contributed by atoms with Gasteiger partial charge in [-0.25, -0.2) is 0 Å². The number of allylic oxidation sites excluding steroid dienone is 22. The van der Waals surface area contributed by atoms with Gasteiger partial charge in [0, 0.05) is 13.0 Å². The molecule has 0 aromatic rings. The smallest absolute Gasteiger partial charge is 0.306 e. The van der Waals surface area contributed by atoms with Crippen LogP contribution in [0.15, 0.2) is 134 Å². The van der Waals surface area contributed by atoms with Crippen molar-refractivity contribution in [2.75, 3.05) is 19.8 Å². The lowest BCUT2D eigenvalue weighted by molar-refractivity contribution is -0.154. The number of rotatable bonds is 42. The molecule has 1 N–H and O–H groups in total. The summed E-state index contributed by atoms with van der Waals surface area (Å²) in [7, 11) is 0. The Morgan fingerprint density at radius 2 is 0.712 bits per heavy atom. The van der Waals surface area contributed by atoms with Crippen LogP contribution in [-0.4, -0.2) is 37.0 Å². The predicted octanol–water partition coefficient (Wildman–Crippen LogP) is 16.2. The molecule has 0 heterocycles. The molecule has 0 saturated heterocycles. The van der Waals surface area contributed by atoms with E-state index in [1.165, 1.54) is 51.4 Å². The van der Waals surface area contributed by atoms with E-state index in [0.717, 1.165) is 109 Å². The second kappa shape index (κ2) is 50.7. The minimum Gasteiger partial charge on any atom is -0.457 e. The molecule has 0 aromatic heterocycles. The van der Waals surface area contributed by atoms with E-state index >= 15 is 0 Å². The van der Waals surface area contributed by atoms with Crippen LogP contribution < -0.4 is 0 Å². The van der Waals surface area contributed by atoms with Gasteiger partial charge in [0.15, 0.2) is 0 Å². The molecule has 0 aliphatic carbocycles. The molecular formula is C55H88O4. The highest BCUT2D eigenvalue weighted by Gasteiger charge is 2.13. The minimum absolute atomic E-state index is 0.198. The summed E-state index contributed by atoms with van der Waals surface area (Å²) in [5.74, 6) is -0.240. The van der Waals surface area contributed by atoms with Gasteiger partial charge in [-0.1, -0.05) is 199 Å². The zero-order valence-corrected chi connectivity index (χ0v) is 38.0. The molecule has 0 radical (unpaired) electrons. The Balaban J connectivity index is 3.58. The van der Waals surface area contributed by atoms with E-state index in [9.17, 15) is 9.90 Å². The van der Waals surface area contributed by atoms with Crippen molar-refractivity contribution in [1.29, 1.82) is 0 Å². The fraction of sp³-hybridized carbons (Fsp3) is 0.582. The normalized spacial score (nSPS) is 13.6. The number of carbonyl (C=O) groups excluding carboxylic acids is 1. The molecule has 332 valence electrons. The van der Waals surface area contributed by atoms with Gasteiger partial charge in [0.1, 0.15) is 6.10 Å². The number of unbranched alkanes of at least 4 members (excludes halogenated alkanes) is 12. The lowest BCUT2D eigenvalue weighted by Crippen LogP contribution is -2.27. The van der Waals surface area contributed by atoms with Crippen molar-refractivity contribution in [1.82, 2.24) is 0 Å². The molecule has 0 rings (SSSR count). The molecular weight excluding hydrogens is 725 g/mol. The average molecular weight is 813 g/mol. The monoisotopic (exact) mass is 813 g/mol. The number of aliphatic hydroxyl groups excluding tert-OH is 1. The Bertz CT molecular complexity index is 1220. The fourth-order valence-corrected chi connectivity index (χ4v) is 6.00. The van der Waals surface area contributed by atoms with Crippen molar-refractivity contribution in [3.05, 3.63) is 134 Å². The van der Waals surface area contributed by atoms with Crippen LogP contribution in [0.5, 0.6) is 0 Å². The molecule has 0 spiro atoms. The van der Waals surface area contributed by atoms with Gasteiger partial charge in [0.05, 0.1) is 13.2 Å². The van der Waals surface area contributed by atoms with Crippen LogP contribution in [0.1, 0.15) is 181 Å². The van der Waals surface area contributed by atoms with Gasteiger partial charge in [-0.15, -0.1) is 0 Å². The topological polar surface area (TPSA) is 55.8 Å². The van der Waals surface area contributed by atoms with Crippen molar-refractivity contribution in [3.8, 4) is 0 Å². The Labute approximate surface area is 364 Å². The zero-order chi connectivity index (χ0) is 42.6. The predicted molar refractivity (Wildman–Crippen MR) is 260 cm³/mol. The van der Waals surface area contributed by atoms with Crippen LogP contribution in [0.2, 0.25) is 0 Å². The highest BCUT2D eigenvalue weighted by molar-refractivity contribution is 5.69. The standard InChI is InChI=1S/C55H88O4/c1-3-5-7-9-11-13-15-17-19-21-23-25-27-28-29-30-32-34-36-38-40-42-44-46-48-50-55(57)59-54(52-56)53-58-51-49-47-45-43-41-39-37-35-33-31-26-24-22-20-18-16-14-12-10-8-6-4-2/h5-8,11-14,17-20,23-26,28-29,32,34,38,40,54,56H,3-4,9-10,15-16,21-22,27,30-31,33,35-37,39,41-53H2,1-2H3/b7-5-,8-6-,13-11-,14-12-,19-17-,20-18-,25-23-,26-24-,29-28-,34-32-,40-38-. The minimum atomic E-state index is -0.567. The third-order valence-electron chi connectivity index (χ3n) is 9.47. The number of hydrogen-bond acceptors (Lipinski definition) is 4. The van der Waals surface area contributed by atoms with E-state index in [-0.39, 0.29) is 19.2 Å². The summed E-state index contributed by atoms with van der Waals surface area (Å²) < 4.78 is 11.2. The fourth-order valence-electron chi connectivity index (χ4n) is 6.00. The van der Waals surface area contributed by atoms with Gasteiger partial charge in [0.2, 0.25) is 0 Å². The SMILES string of the molecule is CC/C=C\C/C=C\C/C=C\C/C=C\C/C=C\C/C=C\C/C=C\CCCCCC(=O)OC(CO)COCCCCCCCCCCC/C=C\C/C=C\C/C=C\C/C=C\CC. The summed E-state index contributed by atoms with van der Waals surface area (Å²) in [6, 6.07) is 0. The zero-order valence-electron chi connectivity index (χ0n) is 38.0. The van der Waals surface area contributed by atoms with E-state index in [0.29, 0.717) is 13.0 Å². The number of hydrogen-bond donors (Lipinski definition) is 1. The molecule has 0 saturated carbocycles. The Kier molecular flexibility index (Phi) is 47.7. The van der Waals surface area contributed by atoms with Crippen molar-refractivity contribution in [2.24, 2.45) is 0 Å². The van der Waals surface area contributed by atoms with Crippen molar-refractivity contribution in [3.63, 3.8) is 0 Å². The van der Waals surface area contributed by atoms with Crippen LogP contribution >= 0.6 is 0 Å². The number of carbonyl (C=O) groups is 1. The number of aliphatic hydroxyl groups is 1. The summed E-state index contributed by atoms with van der Waals surface area (Å²) in [6.45, 7) is 5.05. The van der Waals surface area contributed by atoms with E-state index in [2.05, 4.69) is 148 Å². The van der Waals surface area contributed by atoms with Crippen molar-refractivity contribution in [2.45, 2.75) is 187 Å². The molecule has 0 fully saturated rings. The Morgan fingerprint density at radius 3 is 1.07 bits per heavy atom. The maximum absolute atomic E-state index is 12.2. The first-order valence-corrected chi connectivity index (χ1v) is 23.8. The Morgan fingerprint density at radius 1 is 0.407 bits per heavy atom. The molecule has 0 aliphatic heterocycles.